The van der Waals surface area contributed by atoms with Crippen LogP contribution in [-0.2, 0) is 4.74 Å². The van der Waals surface area contributed by atoms with Crippen LogP contribution in [0.4, 0.5) is 0 Å². The Balaban J connectivity index is 4.33. The number of aliphatic hydroxyl groups is 1. The second kappa shape index (κ2) is 17.1. The van der Waals surface area contributed by atoms with Crippen molar-refractivity contribution in [2.45, 2.75) is 96.3 Å². The van der Waals surface area contributed by atoms with Crippen molar-refractivity contribution in [1.82, 2.24) is 0 Å². The second-order valence-corrected chi connectivity index (χ2v) is 21.1. The third kappa shape index (κ3) is 13.3. The molecule has 0 aliphatic rings. The second-order valence-electron chi connectivity index (χ2n) is 7.04. The Labute approximate surface area is 150 Å². The molecule has 0 aliphatic heterocycles. The van der Waals surface area contributed by atoms with Crippen LogP contribution in [0.1, 0.15) is 78.6 Å². The summed E-state index contributed by atoms with van der Waals surface area (Å²) in [5.74, 6) is 0. The molecule has 0 aliphatic carbocycles. The van der Waals surface area contributed by atoms with Gasteiger partial charge in [0.2, 0.25) is 0 Å². The fourth-order valence-corrected chi connectivity index (χ4v) is 18.3. The summed E-state index contributed by atoms with van der Waals surface area (Å²) in [6.07, 6.45) is 15.7. The van der Waals surface area contributed by atoms with Crippen LogP contribution in [0.5, 0.6) is 0 Å². The molecule has 138 valence electrons. The summed E-state index contributed by atoms with van der Waals surface area (Å²) in [5.41, 5.74) is 0. The van der Waals surface area contributed by atoms with E-state index in [1.807, 2.05) is 6.26 Å². The van der Waals surface area contributed by atoms with Crippen molar-refractivity contribution in [2.75, 3.05) is 13.2 Å². The van der Waals surface area contributed by atoms with Crippen LogP contribution in [0, 0.1) is 0 Å². The van der Waals surface area contributed by atoms with Crippen molar-refractivity contribution >= 4 is 18.4 Å². The molecule has 0 bridgehead atoms. The van der Waals surface area contributed by atoms with E-state index in [1.165, 1.54) is 43.0 Å². The molecule has 0 aromatic rings. The number of unbranched alkanes of at least 4 members (excludes halogenated alkanes) is 5. The molecule has 0 fully saturated rings. The predicted octanol–water partition coefficient (Wildman–Crippen LogP) is 6.53. The zero-order chi connectivity index (χ0) is 17.2. The third-order valence-electron chi connectivity index (χ3n) is 4.85. The first-order valence-corrected chi connectivity index (χ1v) is 18.2. The first-order valence-electron chi connectivity index (χ1n) is 10.1. The van der Waals surface area contributed by atoms with Gasteiger partial charge in [0.15, 0.2) is 0 Å². The van der Waals surface area contributed by atoms with E-state index < -0.39 is 18.4 Å². The van der Waals surface area contributed by atoms with Gasteiger partial charge in [-0.2, -0.15) is 0 Å². The average Bonchev–Trinajstić information content (AvgIpc) is 2.58. The molecule has 0 saturated heterocycles. The maximum absolute atomic E-state index is 8.76. The van der Waals surface area contributed by atoms with E-state index in [0.29, 0.717) is 6.61 Å². The molecule has 0 saturated carbocycles. The molecule has 0 atom stereocenters. The fraction of sp³-hybridized carbons (Fsp3) is 0.900. The number of aliphatic hydroxyl groups excluding tert-OH is 1. The summed E-state index contributed by atoms with van der Waals surface area (Å²) in [4.78, 5) is 0. The third-order valence-corrected chi connectivity index (χ3v) is 20.1. The van der Waals surface area contributed by atoms with Crippen LogP contribution >= 0.6 is 0 Å². The van der Waals surface area contributed by atoms with Crippen molar-refractivity contribution in [2.24, 2.45) is 0 Å². The first-order chi connectivity index (χ1) is 11.2. The van der Waals surface area contributed by atoms with Crippen LogP contribution in [0.15, 0.2) is 12.3 Å². The standard InChI is InChI=1S/C8H15O2.3C4H9.Sn/c1-2-7-10-8-5-3-4-6-9;3*1-3-4-2;/h2,7,9H,1,3-6,8H2;3*1,3-4H2,2H3;/b7-2+;;;;. The van der Waals surface area contributed by atoms with E-state index in [0.717, 1.165) is 25.9 Å². The normalized spacial score (nSPS) is 12.2. The zero-order valence-electron chi connectivity index (χ0n) is 16.1. The molecule has 0 amide bonds. The van der Waals surface area contributed by atoms with Gasteiger partial charge in [-0.3, -0.25) is 0 Å². The van der Waals surface area contributed by atoms with Gasteiger partial charge in [0, 0.05) is 0 Å². The van der Waals surface area contributed by atoms with Crippen molar-refractivity contribution in [3.63, 3.8) is 0 Å². The minimum absolute atomic E-state index is 0.305. The van der Waals surface area contributed by atoms with Gasteiger partial charge in [0.1, 0.15) is 0 Å². The molecule has 0 aromatic carbocycles. The number of allylic oxidation sites excluding steroid dienone is 1. The number of hydrogen-bond acceptors (Lipinski definition) is 2. The quantitative estimate of drug-likeness (QED) is 0.161. The van der Waals surface area contributed by atoms with E-state index >= 15 is 0 Å². The van der Waals surface area contributed by atoms with Gasteiger partial charge < -0.3 is 0 Å². The Bertz CT molecular complexity index is 245. The van der Waals surface area contributed by atoms with Crippen LogP contribution < -0.4 is 0 Å². The Morgan fingerprint density at radius 1 is 0.783 bits per heavy atom. The Morgan fingerprint density at radius 2 is 1.35 bits per heavy atom. The summed E-state index contributed by atoms with van der Waals surface area (Å²) in [6, 6.07) is 0. The van der Waals surface area contributed by atoms with Gasteiger partial charge in [-0.1, -0.05) is 0 Å². The van der Waals surface area contributed by atoms with E-state index in [1.54, 1.807) is 13.3 Å². The van der Waals surface area contributed by atoms with Crippen LogP contribution in [-0.4, -0.2) is 36.7 Å². The van der Waals surface area contributed by atoms with E-state index in [9.17, 15) is 0 Å². The van der Waals surface area contributed by atoms with Gasteiger partial charge in [-0.25, -0.2) is 0 Å². The summed E-state index contributed by atoms with van der Waals surface area (Å²) < 4.78 is 11.8. The Hall–Kier alpha value is 0.299. The maximum atomic E-state index is 8.76. The molecular weight excluding hydrogens is 391 g/mol. The van der Waals surface area contributed by atoms with E-state index in [4.69, 9.17) is 9.84 Å². The molecule has 3 heteroatoms. The van der Waals surface area contributed by atoms with Gasteiger partial charge in [0.25, 0.3) is 0 Å². The topological polar surface area (TPSA) is 29.5 Å². The molecule has 0 unspecified atom stereocenters. The first kappa shape index (κ1) is 23.3. The molecule has 0 aromatic heterocycles. The van der Waals surface area contributed by atoms with Gasteiger partial charge in [0.05, 0.1) is 0 Å². The number of ether oxygens (including phenoxy) is 1. The Kier molecular flexibility index (Phi) is 17.4. The van der Waals surface area contributed by atoms with Gasteiger partial charge in [-0.05, 0) is 0 Å². The number of hydrogen-bond donors (Lipinski definition) is 1. The molecule has 2 nitrogen and oxygen atoms in total. The fourth-order valence-electron chi connectivity index (χ4n) is 3.24. The molecule has 0 heterocycles. The predicted molar refractivity (Wildman–Crippen MR) is 106 cm³/mol. The van der Waals surface area contributed by atoms with E-state index in [-0.39, 0.29) is 0 Å². The summed E-state index contributed by atoms with van der Waals surface area (Å²) in [7, 11) is 0. The summed E-state index contributed by atoms with van der Waals surface area (Å²) >= 11 is -1.98. The molecule has 0 rings (SSSR count). The Morgan fingerprint density at radius 3 is 1.83 bits per heavy atom. The molecular formula is C20H42O2Sn. The molecule has 0 spiro atoms. The number of rotatable bonds is 17. The monoisotopic (exact) mass is 434 g/mol. The minimum atomic E-state index is -1.98. The molecule has 23 heavy (non-hydrogen) atoms. The van der Waals surface area contributed by atoms with Crippen molar-refractivity contribution in [1.29, 1.82) is 0 Å². The van der Waals surface area contributed by atoms with Crippen molar-refractivity contribution in [3.8, 4) is 0 Å². The van der Waals surface area contributed by atoms with Gasteiger partial charge >= 0.3 is 150 Å². The average molecular weight is 433 g/mol. The van der Waals surface area contributed by atoms with Crippen molar-refractivity contribution in [3.05, 3.63) is 12.3 Å². The van der Waals surface area contributed by atoms with Crippen LogP contribution in [0.25, 0.3) is 0 Å². The van der Waals surface area contributed by atoms with E-state index in [2.05, 4.69) is 26.8 Å². The summed E-state index contributed by atoms with van der Waals surface area (Å²) in [5, 5.41) is 8.76. The van der Waals surface area contributed by atoms with Gasteiger partial charge in [-0.15, -0.1) is 0 Å². The van der Waals surface area contributed by atoms with Crippen LogP contribution in [0.3, 0.4) is 0 Å². The molecule has 1 N–H and O–H groups in total. The van der Waals surface area contributed by atoms with Crippen molar-refractivity contribution < 1.29 is 9.84 Å². The van der Waals surface area contributed by atoms with Crippen LogP contribution in [0.2, 0.25) is 17.7 Å². The summed E-state index contributed by atoms with van der Waals surface area (Å²) in [6.45, 7) is 8.11. The molecule has 0 radical (unpaired) electrons. The SMILES string of the molecule is CCC[CH2][Sn]([CH2]/C=C/OCCCCCO)([CH2]CCC)[CH2]CCC. The zero-order valence-corrected chi connectivity index (χ0v) is 19.0.